The highest BCUT2D eigenvalue weighted by Gasteiger charge is 2.46. The zero-order chi connectivity index (χ0) is 25.0. The lowest BCUT2D eigenvalue weighted by molar-refractivity contribution is -0.140. The average molecular weight is 467 g/mol. The van der Waals surface area contributed by atoms with Crippen LogP contribution in [0.5, 0.6) is 11.5 Å². The first-order chi connectivity index (χ1) is 16.2. The van der Waals surface area contributed by atoms with Gasteiger partial charge < -0.3 is 19.5 Å². The third-order valence-electron chi connectivity index (χ3n) is 6.24. The summed E-state index contributed by atoms with van der Waals surface area (Å²) >= 11 is 0. The Balaban J connectivity index is 2.13. The van der Waals surface area contributed by atoms with E-state index >= 15 is 0 Å². The van der Waals surface area contributed by atoms with Crippen molar-refractivity contribution in [2.45, 2.75) is 45.8 Å². The van der Waals surface area contributed by atoms with E-state index < -0.39 is 17.7 Å². The molecule has 182 valence electrons. The van der Waals surface area contributed by atoms with Gasteiger partial charge in [0.2, 0.25) is 0 Å². The summed E-state index contributed by atoms with van der Waals surface area (Å²) in [4.78, 5) is 30.3. The number of aliphatic hydroxyl groups is 1. The summed E-state index contributed by atoms with van der Waals surface area (Å²) in [6.07, 6.45) is 0. The Hall–Kier alpha value is -3.32. The Labute approximate surface area is 201 Å². The molecule has 1 aliphatic rings. The number of hydrogen-bond acceptors (Lipinski definition) is 6. The zero-order valence-electron chi connectivity index (χ0n) is 20.7. The predicted molar refractivity (Wildman–Crippen MR) is 132 cm³/mol. The molecule has 1 heterocycles. The van der Waals surface area contributed by atoms with Crippen LogP contribution in [0.4, 0.5) is 0 Å². The summed E-state index contributed by atoms with van der Waals surface area (Å²) in [6.45, 7) is 9.36. The maximum Gasteiger partial charge on any atom is 0.295 e. The summed E-state index contributed by atoms with van der Waals surface area (Å²) < 4.78 is 10.8. The number of ether oxygens (including phenoxy) is 2. The number of hydrogen-bond donors (Lipinski definition) is 1. The second-order valence-electron chi connectivity index (χ2n) is 8.90. The molecular formula is C27H34N2O5. The van der Waals surface area contributed by atoms with Gasteiger partial charge in [0, 0.05) is 30.7 Å². The number of amides is 1. The Morgan fingerprint density at radius 2 is 1.59 bits per heavy atom. The smallest absolute Gasteiger partial charge is 0.295 e. The monoisotopic (exact) mass is 466 g/mol. The molecule has 7 heteroatoms. The van der Waals surface area contributed by atoms with Crippen LogP contribution >= 0.6 is 0 Å². The molecule has 1 amide bonds. The lowest BCUT2D eigenvalue weighted by atomic mass is 9.95. The SMILES string of the molecule is COc1ccc([C@H]2C(=C(O)c3ccccc3)C(=O)C(=O)N2CCN(C(C)C)C(C)C)cc1OC. The van der Waals surface area contributed by atoms with Gasteiger partial charge in [0.25, 0.3) is 11.7 Å². The molecule has 7 nitrogen and oxygen atoms in total. The largest absolute Gasteiger partial charge is 0.507 e. The van der Waals surface area contributed by atoms with Crippen molar-refractivity contribution >= 4 is 17.4 Å². The van der Waals surface area contributed by atoms with Gasteiger partial charge in [0.05, 0.1) is 25.8 Å². The molecule has 0 radical (unpaired) electrons. The minimum atomic E-state index is -0.749. The lowest BCUT2D eigenvalue weighted by Gasteiger charge is -2.33. The minimum Gasteiger partial charge on any atom is -0.507 e. The predicted octanol–water partition coefficient (Wildman–Crippen LogP) is 4.24. The molecule has 1 N–H and O–H groups in total. The highest BCUT2D eigenvalue weighted by atomic mass is 16.5. The number of rotatable bonds is 9. The van der Waals surface area contributed by atoms with Gasteiger partial charge in [-0.15, -0.1) is 0 Å². The number of nitrogens with zero attached hydrogens (tertiary/aromatic N) is 2. The molecule has 0 bridgehead atoms. The van der Waals surface area contributed by atoms with E-state index in [1.165, 1.54) is 7.11 Å². The molecule has 1 fully saturated rings. The summed E-state index contributed by atoms with van der Waals surface area (Å²) in [5.41, 5.74) is 1.22. The molecule has 0 unspecified atom stereocenters. The standard InChI is InChI=1S/C27H34N2O5/c1-17(2)28(18(3)4)14-15-29-24(20-12-13-21(33-5)22(16-20)34-6)23(26(31)27(29)32)25(30)19-10-8-7-9-11-19/h7-13,16-18,24,30H,14-15H2,1-6H3/t24-/m0/s1. The third-order valence-corrected chi connectivity index (χ3v) is 6.24. The number of methoxy groups -OCH3 is 2. The van der Waals surface area contributed by atoms with Gasteiger partial charge in [-0.2, -0.15) is 0 Å². The maximum atomic E-state index is 13.2. The molecule has 1 saturated heterocycles. The molecule has 2 aromatic rings. The normalized spacial score (nSPS) is 17.8. The number of carbonyl (C=O) groups is 2. The summed E-state index contributed by atoms with van der Waals surface area (Å²) in [6, 6.07) is 13.9. The van der Waals surface area contributed by atoms with Gasteiger partial charge >= 0.3 is 0 Å². The van der Waals surface area contributed by atoms with Crippen molar-refractivity contribution in [3.05, 3.63) is 65.2 Å². The minimum absolute atomic E-state index is 0.0732. The molecule has 0 aliphatic carbocycles. The van der Waals surface area contributed by atoms with E-state index in [2.05, 4.69) is 32.6 Å². The number of carbonyl (C=O) groups excluding carboxylic acids is 2. The van der Waals surface area contributed by atoms with Crippen molar-refractivity contribution < 1.29 is 24.2 Å². The van der Waals surface area contributed by atoms with Crippen LogP contribution in [0.15, 0.2) is 54.1 Å². The van der Waals surface area contributed by atoms with Crippen LogP contribution in [0.2, 0.25) is 0 Å². The van der Waals surface area contributed by atoms with E-state index in [1.54, 1.807) is 54.5 Å². The zero-order valence-corrected chi connectivity index (χ0v) is 20.7. The summed E-state index contributed by atoms with van der Waals surface area (Å²) in [5, 5.41) is 11.2. The van der Waals surface area contributed by atoms with Gasteiger partial charge in [0.1, 0.15) is 5.76 Å². The molecule has 1 aliphatic heterocycles. The van der Waals surface area contributed by atoms with Crippen molar-refractivity contribution in [3.8, 4) is 11.5 Å². The molecular weight excluding hydrogens is 432 g/mol. The molecule has 0 aromatic heterocycles. The van der Waals surface area contributed by atoms with Crippen LogP contribution in [0.3, 0.4) is 0 Å². The molecule has 2 aromatic carbocycles. The third kappa shape index (κ3) is 4.94. The van der Waals surface area contributed by atoms with Crippen molar-refractivity contribution in [2.75, 3.05) is 27.3 Å². The lowest BCUT2D eigenvalue weighted by Crippen LogP contribution is -2.43. The van der Waals surface area contributed by atoms with Gasteiger partial charge in [-0.3, -0.25) is 14.5 Å². The Morgan fingerprint density at radius 1 is 0.971 bits per heavy atom. The van der Waals surface area contributed by atoms with Crippen molar-refractivity contribution in [1.82, 2.24) is 9.80 Å². The van der Waals surface area contributed by atoms with Gasteiger partial charge in [-0.1, -0.05) is 36.4 Å². The maximum absolute atomic E-state index is 13.2. The second kappa shape index (κ2) is 10.7. The first-order valence-electron chi connectivity index (χ1n) is 11.5. The van der Waals surface area contributed by atoms with Gasteiger partial charge in [-0.25, -0.2) is 0 Å². The van der Waals surface area contributed by atoms with E-state index in [9.17, 15) is 14.7 Å². The molecule has 0 saturated carbocycles. The van der Waals surface area contributed by atoms with Crippen LogP contribution in [0.25, 0.3) is 5.76 Å². The van der Waals surface area contributed by atoms with Crippen LogP contribution < -0.4 is 9.47 Å². The molecule has 3 rings (SSSR count). The fourth-order valence-corrected chi connectivity index (χ4v) is 4.57. The van der Waals surface area contributed by atoms with Crippen LogP contribution in [0.1, 0.15) is 44.9 Å². The Bertz CT molecular complexity index is 1050. The second-order valence-corrected chi connectivity index (χ2v) is 8.90. The molecule has 0 spiro atoms. The molecule has 1 atom stereocenters. The number of likely N-dealkylation sites (tertiary alicyclic amines) is 1. The Kier molecular flexibility index (Phi) is 7.99. The van der Waals surface area contributed by atoms with E-state index in [4.69, 9.17) is 9.47 Å². The number of aliphatic hydroxyl groups excluding tert-OH is 1. The fraction of sp³-hybridized carbons (Fsp3) is 0.407. The number of Topliss-reactive ketones (excluding diaryl/α,β-unsaturated/α-hetero) is 1. The van der Waals surface area contributed by atoms with Crippen LogP contribution in [0, 0.1) is 0 Å². The highest BCUT2D eigenvalue weighted by molar-refractivity contribution is 6.46. The Morgan fingerprint density at radius 3 is 2.15 bits per heavy atom. The van der Waals surface area contributed by atoms with Crippen molar-refractivity contribution in [3.63, 3.8) is 0 Å². The van der Waals surface area contributed by atoms with Crippen molar-refractivity contribution in [1.29, 1.82) is 0 Å². The summed E-state index contributed by atoms with van der Waals surface area (Å²) in [7, 11) is 3.08. The van der Waals surface area contributed by atoms with E-state index in [-0.39, 0.29) is 23.4 Å². The van der Waals surface area contributed by atoms with E-state index in [0.717, 1.165) is 0 Å². The molecule has 34 heavy (non-hydrogen) atoms. The van der Waals surface area contributed by atoms with Crippen LogP contribution in [-0.4, -0.2) is 66.0 Å². The highest BCUT2D eigenvalue weighted by Crippen LogP contribution is 2.41. The van der Waals surface area contributed by atoms with Crippen molar-refractivity contribution in [2.24, 2.45) is 0 Å². The fourth-order valence-electron chi connectivity index (χ4n) is 4.57. The van der Waals surface area contributed by atoms with Gasteiger partial charge in [-0.05, 0) is 45.4 Å². The van der Waals surface area contributed by atoms with Gasteiger partial charge in [0.15, 0.2) is 11.5 Å². The average Bonchev–Trinajstić information content (AvgIpc) is 3.08. The van der Waals surface area contributed by atoms with Crippen LogP contribution in [-0.2, 0) is 9.59 Å². The first kappa shape index (κ1) is 25.3. The topological polar surface area (TPSA) is 79.3 Å². The quantitative estimate of drug-likeness (QED) is 0.338. The first-order valence-corrected chi connectivity index (χ1v) is 11.5. The van der Waals surface area contributed by atoms with E-state index in [0.29, 0.717) is 35.7 Å². The summed E-state index contributed by atoms with van der Waals surface area (Å²) in [5.74, 6) is -0.481. The van der Waals surface area contributed by atoms with E-state index in [1.807, 2.05) is 6.07 Å². The number of ketones is 1. The number of benzene rings is 2.